The highest BCUT2D eigenvalue weighted by atomic mass is 16.5. The summed E-state index contributed by atoms with van der Waals surface area (Å²) in [5.41, 5.74) is 4.64. The third kappa shape index (κ3) is 3.10. The van der Waals surface area contributed by atoms with Crippen molar-refractivity contribution in [2.45, 2.75) is 32.9 Å². The summed E-state index contributed by atoms with van der Waals surface area (Å²) in [5, 5.41) is 6.41. The maximum atomic E-state index is 12.5. The minimum absolute atomic E-state index is 0.0178. The molecule has 0 unspecified atom stereocenters. The molecule has 0 atom stereocenters. The standard InChI is InChI=1S/C17H25N3O2/c1-12(2)22-10-7-19-17(21)15-4-3-13-11-18-6-9-20-8-5-14(15)16(13)20/h3-4,12,18H,5-11H2,1-2H3,(H,19,21). The van der Waals surface area contributed by atoms with Crippen LogP contribution in [0, 0.1) is 0 Å². The van der Waals surface area contributed by atoms with Crippen LogP contribution in [0.15, 0.2) is 12.1 Å². The van der Waals surface area contributed by atoms with Gasteiger partial charge < -0.3 is 20.3 Å². The Bertz CT molecular complexity index is 557. The number of nitrogens with zero attached hydrogens (tertiary/aromatic N) is 1. The van der Waals surface area contributed by atoms with Crippen molar-refractivity contribution >= 4 is 11.6 Å². The van der Waals surface area contributed by atoms with Gasteiger partial charge in [-0.1, -0.05) is 6.07 Å². The van der Waals surface area contributed by atoms with Crippen LogP contribution in [0.1, 0.15) is 35.3 Å². The van der Waals surface area contributed by atoms with Crippen molar-refractivity contribution < 1.29 is 9.53 Å². The number of carbonyl (C=O) groups is 1. The number of amides is 1. The topological polar surface area (TPSA) is 53.6 Å². The summed E-state index contributed by atoms with van der Waals surface area (Å²) < 4.78 is 5.47. The SMILES string of the molecule is CC(C)OCCNC(=O)c1ccc2c3c1CCN3CCNC2. The molecule has 1 aromatic carbocycles. The van der Waals surface area contributed by atoms with E-state index in [0.29, 0.717) is 13.2 Å². The molecule has 2 aliphatic rings. The highest BCUT2D eigenvalue weighted by molar-refractivity contribution is 5.98. The molecule has 5 nitrogen and oxygen atoms in total. The predicted octanol–water partition coefficient (Wildman–Crippen LogP) is 1.31. The van der Waals surface area contributed by atoms with Crippen molar-refractivity contribution in [3.8, 4) is 0 Å². The minimum Gasteiger partial charge on any atom is -0.377 e. The lowest BCUT2D eigenvalue weighted by atomic mass is 10.00. The van der Waals surface area contributed by atoms with Gasteiger partial charge in [0.25, 0.3) is 5.91 Å². The molecule has 0 saturated heterocycles. The van der Waals surface area contributed by atoms with E-state index >= 15 is 0 Å². The summed E-state index contributed by atoms with van der Waals surface area (Å²) in [6.45, 7) is 9.04. The summed E-state index contributed by atoms with van der Waals surface area (Å²) in [6.07, 6.45) is 1.16. The third-order valence-corrected chi connectivity index (χ3v) is 4.27. The summed E-state index contributed by atoms with van der Waals surface area (Å²) in [5.74, 6) is 0.0178. The molecule has 3 rings (SSSR count). The molecular weight excluding hydrogens is 278 g/mol. The molecule has 0 aliphatic carbocycles. The molecule has 22 heavy (non-hydrogen) atoms. The zero-order valence-electron chi connectivity index (χ0n) is 13.4. The second-order valence-electron chi connectivity index (χ2n) is 6.19. The van der Waals surface area contributed by atoms with Crippen molar-refractivity contribution in [2.75, 3.05) is 37.7 Å². The van der Waals surface area contributed by atoms with Crippen LogP contribution in [-0.4, -0.2) is 44.8 Å². The zero-order chi connectivity index (χ0) is 15.5. The first-order valence-electron chi connectivity index (χ1n) is 8.17. The van der Waals surface area contributed by atoms with Gasteiger partial charge in [-0.15, -0.1) is 0 Å². The van der Waals surface area contributed by atoms with E-state index in [2.05, 4.69) is 21.6 Å². The first-order valence-corrected chi connectivity index (χ1v) is 8.17. The van der Waals surface area contributed by atoms with Gasteiger partial charge in [-0.25, -0.2) is 0 Å². The van der Waals surface area contributed by atoms with Gasteiger partial charge in [-0.2, -0.15) is 0 Å². The highest BCUT2D eigenvalue weighted by Crippen LogP contribution is 2.35. The Hall–Kier alpha value is -1.59. The van der Waals surface area contributed by atoms with Crippen molar-refractivity contribution in [2.24, 2.45) is 0 Å². The maximum Gasteiger partial charge on any atom is 0.251 e. The maximum absolute atomic E-state index is 12.5. The lowest BCUT2D eigenvalue weighted by molar-refractivity contribution is 0.0746. The molecule has 0 fully saturated rings. The first kappa shape index (κ1) is 15.3. The average molecular weight is 303 g/mol. The largest absolute Gasteiger partial charge is 0.377 e. The van der Waals surface area contributed by atoms with Gasteiger partial charge in [0.1, 0.15) is 0 Å². The number of benzene rings is 1. The Morgan fingerprint density at radius 3 is 3.09 bits per heavy atom. The first-order chi connectivity index (χ1) is 10.7. The fourth-order valence-corrected chi connectivity index (χ4v) is 3.26. The smallest absolute Gasteiger partial charge is 0.251 e. The van der Waals surface area contributed by atoms with Crippen LogP contribution in [0.3, 0.4) is 0 Å². The predicted molar refractivity (Wildman–Crippen MR) is 87.5 cm³/mol. The number of ether oxygens (including phenoxy) is 1. The fourth-order valence-electron chi connectivity index (χ4n) is 3.26. The van der Waals surface area contributed by atoms with Gasteiger partial charge in [-0.3, -0.25) is 4.79 Å². The van der Waals surface area contributed by atoms with Gasteiger partial charge in [0.15, 0.2) is 0 Å². The van der Waals surface area contributed by atoms with E-state index in [9.17, 15) is 4.79 Å². The van der Waals surface area contributed by atoms with Gasteiger partial charge >= 0.3 is 0 Å². The fraction of sp³-hybridized carbons (Fsp3) is 0.588. The molecule has 2 heterocycles. The second kappa shape index (κ2) is 6.67. The van der Waals surface area contributed by atoms with E-state index in [0.717, 1.165) is 38.2 Å². The number of anilines is 1. The molecule has 2 aliphatic heterocycles. The van der Waals surface area contributed by atoms with Crippen LogP contribution in [0.4, 0.5) is 5.69 Å². The molecule has 1 aromatic rings. The summed E-state index contributed by atoms with van der Waals surface area (Å²) in [7, 11) is 0. The van der Waals surface area contributed by atoms with Gasteiger partial charge in [0.2, 0.25) is 0 Å². The summed E-state index contributed by atoms with van der Waals surface area (Å²) >= 11 is 0. The monoisotopic (exact) mass is 303 g/mol. The van der Waals surface area contributed by atoms with E-state index in [4.69, 9.17) is 4.74 Å². The third-order valence-electron chi connectivity index (χ3n) is 4.27. The molecule has 5 heteroatoms. The highest BCUT2D eigenvalue weighted by Gasteiger charge is 2.28. The van der Waals surface area contributed by atoms with E-state index < -0.39 is 0 Å². The van der Waals surface area contributed by atoms with Crippen LogP contribution < -0.4 is 15.5 Å². The van der Waals surface area contributed by atoms with Crippen molar-refractivity contribution in [1.29, 1.82) is 0 Å². The summed E-state index contributed by atoms with van der Waals surface area (Å²) in [6, 6.07) is 4.07. The quantitative estimate of drug-likeness (QED) is 0.805. The van der Waals surface area contributed by atoms with Crippen LogP contribution in [0.5, 0.6) is 0 Å². The molecule has 0 bridgehead atoms. The van der Waals surface area contributed by atoms with Crippen LogP contribution in [-0.2, 0) is 17.7 Å². The Kier molecular flexibility index (Phi) is 4.64. The van der Waals surface area contributed by atoms with Gasteiger partial charge in [0.05, 0.1) is 12.7 Å². The van der Waals surface area contributed by atoms with Gasteiger partial charge in [-0.05, 0) is 37.5 Å². The minimum atomic E-state index is 0.0178. The molecule has 0 spiro atoms. The Morgan fingerprint density at radius 1 is 1.41 bits per heavy atom. The number of nitrogens with one attached hydrogen (secondary N) is 2. The van der Waals surface area contributed by atoms with Crippen molar-refractivity contribution in [3.05, 3.63) is 28.8 Å². The molecule has 2 N–H and O–H groups in total. The Morgan fingerprint density at radius 2 is 2.27 bits per heavy atom. The van der Waals surface area contributed by atoms with Gasteiger partial charge in [0, 0.05) is 44.0 Å². The van der Waals surface area contributed by atoms with E-state index in [-0.39, 0.29) is 12.0 Å². The Labute approximate surface area is 132 Å². The second-order valence-corrected chi connectivity index (χ2v) is 6.19. The lowest BCUT2D eigenvalue weighted by Crippen LogP contribution is -2.28. The molecular formula is C17H25N3O2. The molecule has 0 saturated carbocycles. The Balaban J connectivity index is 1.73. The van der Waals surface area contributed by atoms with Crippen LogP contribution in [0.25, 0.3) is 0 Å². The van der Waals surface area contributed by atoms with E-state index in [1.165, 1.54) is 16.8 Å². The number of rotatable bonds is 5. The average Bonchev–Trinajstić information content (AvgIpc) is 2.80. The molecule has 120 valence electrons. The molecule has 0 radical (unpaired) electrons. The number of hydrogen-bond acceptors (Lipinski definition) is 4. The van der Waals surface area contributed by atoms with Crippen molar-refractivity contribution in [3.63, 3.8) is 0 Å². The van der Waals surface area contributed by atoms with Crippen LogP contribution >= 0.6 is 0 Å². The van der Waals surface area contributed by atoms with E-state index in [1.54, 1.807) is 0 Å². The summed E-state index contributed by atoms with van der Waals surface area (Å²) in [4.78, 5) is 14.9. The van der Waals surface area contributed by atoms with Crippen LogP contribution in [0.2, 0.25) is 0 Å². The van der Waals surface area contributed by atoms with Crippen molar-refractivity contribution in [1.82, 2.24) is 10.6 Å². The molecule has 1 amide bonds. The molecule has 0 aromatic heterocycles. The zero-order valence-corrected chi connectivity index (χ0v) is 13.4. The normalized spacial score (nSPS) is 16.6. The number of hydrogen-bond donors (Lipinski definition) is 2. The lowest BCUT2D eigenvalue weighted by Gasteiger charge is -2.19. The van der Waals surface area contributed by atoms with E-state index in [1.807, 2.05) is 19.9 Å². The number of carbonyl (C=O) groups excluding carboxylic acids is 1.